The molecule has 1 fully saturated rings. The Morgan fingerprint density at radius 2 is 1.95 bits per heavy atom. The SMILES string of the molecule is CCCC1(C(=O)O)CCN(Cc2ccc(CO)cc2)C1. The lowest BCUT2D eigenvalue weighted by Gasteiger charge is -2.24. The van der Waals surface area contributed by atoms with Crippen LogP contribution in [0, 0.1) is 5.41 Å². The number of rotatable bonds is 6. The van der Waals surface area contributed by atoms with Crippen LogP contribution >= 0.6 is 0 Å². The quantitative estimate of drug-likeness (QED) is 0.837. The van der Waals surface area contributed by atoms with E-state index in [-0.39, 0.29) is 6.61 Å². The van der Waals surface area contributed by atoms with Gasteiger partial charge in [0.25, 0.3) is 0 Å². The minimum atomic E-state index is -0.655. The number of carboxylic acid groups (broad SMARTS) is 1. The molecule has 0 amide bonds. The maximum absolute atomic E-state index is 11.5. The number of carboxylic acids is 1. The van der Waals surface area contributed by atoms with Crippen LogP contribution < -0.4 is 0 Å². The molecule has 1 aromatic carbocycles. The van der Waals surface area contributed by atoms with Gasteiger partial charge in [0.15, 0.2) is 0 Å². The fraction of sp³-hybridized carbons (Fsp3) is 0.562. The summed E-state index contributed by atoms with van der Waals surface area (Å²) in [6.45, 7) is 4.36. The predicted octanol–water partition coefficient (Wildman–Crippen LogP) is 2.26. The average Bonchev–Trinajstić information content (AvgIpc) is 2.84. The molecule has 0 bridgehead atoms. The normalized spacial score (nSPS) is 23.1. The summed E-state index contributed by atoms with van der Waals surface area (Å²) in [5, 5.41) is 18.5. The fourth-order valence-corrected chi connectivity index (χ4v) is 3.07. The van der Waals surface area contributed by atoms with Gasteiger partial charge in [-0.25, -0.2) is 0 Å². The van der Waals surface area contributed by atoms with Crippen LogP contribution in [0.15, 0.2) is 24.3 Å². The van der Waals surface area contributed by atoms with Gasteiger partial charge in [-0.2, -0.15) is 0 Å². The van der Waals surface area contributed by atoms with Crippen molar-refractivity contribution >= 4 is 5.97 Å². The molecule has 0 aromatic heterocycles. The molecule has 0 spiro atoms. The molecule has 1 heterocycles. The van der Waals surface area contributed by atoms with Crippen molar-refractivity contribution in [2.75, 3.05) is 13.1 Å². The second-order valence-electron chi connectivity index (χ2n) is 5.77. The van der Waals surface area contributed by atoms with Gasteiger partial charge in [0.05, 0.1) is 12.0 Å². The molecule has 20 heavy (non-hydrogen) atoms. The zero-order valence-electron chi connectivity index (χ0n) is 12.0. The summed E-state index contributed by atoms with van der Waals surface area (Å²) in [4.78, 5) is 13.8. The predicted molar refractivity (Wildman–Crippen MR) is 77.2 cm³/mol. The lowest BCUT2D eigenvalue weighted by atomic mass is 9.83. The fourth-order valence-electron chi connectivity index (χ4n) is 3.07. The molecule has 110 valence electrons. The van der Waals surface area contributed by atoms with Crippen molar-refractivity contribution in [1.82, 2.24) is 4.90 Å². The van der Waals surface area contributed by atoms with Crippen molar-refractivity contribution in [1.29, 1.82) is 0 Å². The van der Waals surface area contributed by atoms with Gasteiger partial charge in [-0.1, -0.05) is 37.6 Å². The van der Waals surface area contributed by atoms with E-state index >= 15 is 0 Å². The number of aliphatic hydroxyl groups excluding tert-OH is 1. The molecule has 1 aliphatic rings. The Kier molecular flexibility index (Phi) is 4.78. The van der Waals surface area contributed by atoms with E-state index in [0.717, 1.165) is 37.9 Å². The molecule has 1 atom stereocenters. The second kappa shape index (κ2) is 6.37. The molecule has 0 radical (unpaired) electrons. The third kappa shape index (κ3) is 3.19. The molecule has 2 rings (SSSR count). The summed E-state index contributed by atoms with van der Waals surface area (Å²) in [6.07, 6.45) is 2.40. The molecule has 1 aliphatic heterocycles. The molecule has 0 saturated carbocycles. The topological polar surface area (TPSA) is 60.8 Å². The highest BCUT2D eigenvalue weighted by atomic mass is 16.4. The van der Waals surface area contributed by atoms with E-state index in [2.05, 4.69) is 4.90 Å². The smallest absolute Gasteiger partial charge is 0.310 e. The highest BCUT2D eigenvalue weighted by Gasteiger charge is 2.43. The highest BCUT2D eigenvalue weighted by Crippen LogP contribution is 2.36. The number of carbonyl (C=O) groups is 1. The molecular weight excluding hydrogens is 254 g/mol. The molecule has 4 nitrogen and oxygen atoms in total. The first-order chi connectivity index (χ1) is 9.59. The van der Waals surface area contributed by atoms with Crippen LogP contribution in [0.2, 0.25) is 0 Å². The summed E-state index contributed by atoms with van der Waals surface area (Å²) in [5.74, 6) is -0.655. The van der Waals surface area contributed by atoms with Crippen molar-refractivity contribution in [3.05, 3.63) is 35.4 Å². The van der Waals surface area contributed by atoms with Crippen LogP contribution in [0.3, 0.4) is 0 Å². The number of aliphatic carboxylic acids is 1. The van der Waals surface area contributed by atoms with Crippen molar-refractivity contribution in [3.8, 4) is 0 Å². The van der Waals surface area contributed by atoms with Crippen molar-refractivity contribution in [2.24, 2.45) is 5.41 Å². The maximum atomic E-state index is 11.5. The molecule has 1 saturated heterocycles. The maximum Gasteiger partial charge on any atom is 0.310 e. The molecule has 0 aliphatic carbocycles. The summed E-state index contributed by atoms with van der Waals surface area (Å²) < 4.78 is 0. The monoisotopic (exact) mass is 277 g/mol. The van der Waals surface area contributed by atoms with E-state index in [1.807, 2.05) is 31.2 Å². The van der Waals surface area contributed by atoms with Crippen LogP contribution in [-0.2, 0) is 17.9 Å². The number of hydrogen-bond donors (Lipinski definition) is 2. The van der Waals surface area contributed by atoms with E-state index in [1.54, 1.807) is 0 Å². The first kappa shape index (κ1) is 15.0. The standard InChI is InChI=1S/C16H23NO3/c1-2-7-16(15(19)20)8-9-17(12-16)10-13-3-5-14(11-18)6-4-13/h3-6,18H,2,7-12H2,1H3,(H,19,20). The van der Waals surface area contributed by atoms with Crippen molar-refractivity contribution in [2.45, 2.75) is 39.3 Å². The Hall–Kier alpha value is -1.39. The first-order valence-corrected chi connectivity index (χ1v) is 7.24. The zero-order valence-corrected chi connectivity index (χ0v) is 12.0. The van der Waals surface area contributed by atoms with Crippen LogP contribution in [0.5, 0.6) is 0 Å². The van der Waals surface area contributed by atoms with E-state index < -0.39 is 11.4 Å². The number of likely N-dealkylation sites (tertiary alicyclic amines) is 1. The van der Waals surface area contributed by atoms with Gasteiger partial charge < -0.3 is 10.2 Å². The van der Waals surface area contributed by atoms with Gasteiger partial charge in [0.1, 0.15) is 0 Å². The third-order valence-electron chi connectivity index (χ3n) is 4.23. The summed E-state index contributed by atoms with van der Waals surface area (Å²) in [7, 11) is 0. The van der Waals surface area contributed by atoms with E-state index in [1.165, 1.54) is 5.56 Å². The summed E-state index contributed by atoms with van der Waals surface area (Å²) in [5.41, 5.74) is 1.51. The van der Waals surface area contributed by atoms with Gasteiger partial charge in [-0.05, 0) is 30.5 Å². The van der Waals surface area contributed by atoms with Crippen molar-refractivity contribution < 1.29 is 15.0 Å². The second-order valence-corrected chi connectivity index (χ2v) is 5.77. The lowest BCUT2D eigenvalue weighted by molar-refractivity contribution is -0.148. The largest absolute Gasteiger partial charge is 0.481 e. The van der Waals surface area contributed by atoms with E-state index in [4.69, 9.17) is 5.11 Å². The van der Waals surface area contributed by atoms with Crippen molar-refractivity contribution in [3.63, 3.8) is 0 Å². The Morgan fingerprint density at radius 3 is 2.50 bits per heavy atom. The van der Waals surface area contributed by atoms with Crippen LogP contribution in [0.1, 0.15) is 37.3 Å². The molecule has 1 unspecified atom stereocenters. The lowest BCUT2D eigenvalue weighted by Crippen LogP contribution is -2.34. The minimum Gasteiger partial charge on any atom is -0.481 e. The van der Waals surface area contributed by atoms with Gasteiger partial charge in [-0.3, -0.25) is 9.69 Å². The van der Waals surface area contributed by atoms with E-state index in [0.29, 0.717) is 6.54 Å². The molecule has 4 heteroatoms. The number of hydrogen-bond acceptors (Lipinski definition) is 3. The van der Waals surface area contributed by atoms with E-state index in [9.17, 15) is 9.90 Å². The van der Waals surface area contributed by atoms with Crippen LogP contribution in [-0.4, -0.2) is 34.2 Å². The Bertz CT molecular complexity index is 457. The number of benzene rings is 1. The average molecular weight is 277 g/mol. The van der Waals surface area contributed by atoms with Crippen LogP contribution in [0.25, 0.3) is 0 Å². The first-order valence-electron chi connectivity index (χ1n) is 7.24. The molecule has 1 aromatic rings. The van der Waals surface area contributed by atoms with Gasteiger partial charge >= 0.3 is 5.97 Å². The zero-order chi connectivity index (χ0) is 14.6. The number of aliphatic hydroxyl groups is 1. The molecule has 2 N–H and O–H groups in total. The Morgan fingerprint density at radius 1 is 1.30 bits per heavy atom. The van der Waals surface area contributed by atoms with Gasteiger partial charge in [-0.15, -0.1) is 0 Å². The van der Waals surface area contributed by atoms with Gasteiger partial charge in [0, 0.05) is 13.1 Å². The van der Waals surface area contributed by atoms with Crippen LogP contribution in [0.4, 0.5) is 0 Å². The Balaban J connectivity index is 1.99. The molecular formula is C16H23NO3. The number of nitrogens with zero attached hydrogens (tertiary/aromatic N) is 1. The third-order valence-corrected chi connectivity index (χ3v) is 4.23. The summed E-state index contributed by atoms with van der Waals surface area (Å²) >= 11 is 0. The Labute approximate surface area is 120 Å². The van der Waals surface area contributed by atoms with Gasteiger partial charge in [0.2, 0.25) is 0 Å². The minimum absolute atomic E-state index is 0.0582. The summed E-state index contributed by atoms with van der Waals surface area (Å²) in [6, 6.07) is 7.85. The highest BCUT2D eigenvalue weighted by molar-refractivity contribution is 5.75.